The van der Waals surface area contributed by atoms with Crippen molar-refractivity contribution in [2.45, 2.75) is 33.2 Å². The van der Waals surface area contributed by atoms with Gasteiger partial charge in [-0.1, -0.05) is 26.0 Å². The van der Waals surface area contributed by atoms with Crippen LogP contribution in [0.5, 0.6) is 11.5 Å². The number of benzene rings is 1. The van der Waals surface area contributed by atoms with E-state index in [-0.39, 0.29) is 0 Å². The molecule has 0 N–H and O–H groups in total. The summed E-state index contributed by atoms with van der Waals surface area (Å²) in [5.74, 6) is 2.33. The van der Waals surface area contributed by atoms with Gasteiger partial charge in [0.05, 0.1) is 19.8 Å². The predicted octanol–water partition coefficient (Wildman–Crippen LogP) is 3.15. The number of nitrogens with zero attached hydrogens (tertiary/aromatic N) is 3. The standard InChI is InChI=1S/C20H31N3O2/c1-17(2)8-15-25-20-18(6-4-7-19(20)24-3)16-23-13-11-22(12-14-23)10-5-9-21/h4,6-7,17H,5,8,10-16H2,1-3H3. The number of ether oxygens (including phenoxy) is 2. The van der Waals surface area contributed by atoms with Crippen LogP contribution in [0.4, 0.5) is 0 Å². The minimum Gasteiger partial charge on any atom is -0.493 e. The SMILES string of the molecule is COc1cccc(CN2CCN(CCC#N)CC2)c1OCCC(C)C. The molecule has 0 saturated carbocycles. The molecule has 0 spiro atoms. The molecule has 0 aliphatic carbocycles. The zero-order chi connectivity index (χ0) is 18.1. The van der Waals surface area contributed by atoms with E-state index in [1.165, 1.54) is 5.56 Å². The Bertz CT molecular complexity index is 561. The third-order valence-corrected chi connectivity index (χ3v) is 4.62. The monoisotopic (exact) mass is 345 g/mol. The molecule has 25 heavy (non-hydrogen) atoms. The van der Waals surface area contributed by atoms with Gasteiger partial charge in [0.2, 0.25) is 0 Å². The van der Waals surface area contributed by atoms with Crippen LogP contribution in [0.1, 0.15) is 32.3 Å². The van der Waals surface area contributed by atoms with E-state index in [4.69, 9.17) is 14.7 Å². The van der Waals surface area contributed by atoms with Crippen molar-refractivity contribution in [1.29, 1.82) is 5.26 Å². The molecule has 1 aromatic carbocycles. The number of nitriles is 1. The molecule has 1 aliphatic heterocycles. The molecule has 0 amide bonds. The van der Waals surface area contributed by atoms with Gasteiger partial charge in [0.15, 0.2) is 11.5 Å². The largest absolute Gasteiger partial charge is 0.493 e. The second-order valence-electron chi connectivity index (χ2n) is 7.01. The van der Waals surface area contributed by atoms with Gasteiger partial charge in [0, 0.05) is 51.3 Å². The molecule has 5 heteroatoms. The average molecular weight is 345 g/mol. The second kappa shape index (κ2) is 10.3. The first-order valence-corrected chi connectivity index (χ1v) is 9.24. The Labute approximate surface area is 152 Å². The summed E-state index contributed by atoms with van der Waals surface area (Å²) >= 11 is 0. The second-order valence-corrected chi connectivity index (χ2v) is 7.01. The summed E-state index contributed by atoms with van der Waals surface area (Å²) in [7, 11) is 1.70. The normalized spacial score (nSPS) is 16.0. The smallest absolute Gasteiger partial charge is 0.165 e. The van der Waals surface area contributed by atoms with Crippen LogP contribution < -0.4 is 9.47 Å². The lowest BCUT2D eigenvalue weighted by Gasteiger charge is -2.34. The van der Waals surface area contributed by atoms with Crippen molar-refractivity contribution >= 4 is 0 Å². The van der Waals surface area contributed by atoms with E-state index in [0.29, 0.717) is 18.9 Å². The molecule has 1 heterocycles. The highest BCUT2D eigenvalue weighted by Crippen LogP contribution is 2.32. The minimum absolute atomic E-state index is 0.615. The number of methoxy groups -OCH3 is 1. The van der Waals surface area contributed by atoms with Crippen molar-refractivity contribution in [2.75, 3.05) is 46.4 Å². The molecule has 2 rings (SSSR count). The van der Waals surface area contributed by atoms with Crippen LogP contribution in [0.3, 0.4) is 0 Å². The molecule has 0 unspecified atom stereocenters. The van der Waals surface area contributed by atoms with E-state index in [2.05, 4.69) is 35.8 Å². The fraction of sp³-hybridized carbons (Fsp3) is 0.650. The third kappa shape index (κ3) is 6.22. The van der Waals surface area contributed by atoms with Gasteiger partial charge in [-0.25, -0.2) is 0 Å². The zero-order valence-electron chi connectivity index (χ0n) is 15.8. The molecule has 1 fully saturated rings. The maximum absolute atomic E-state index is 8.72. The van der Waals surface area contributed by atoms with Gasteiger partial charge in [-0.3, -0.25) is 9.80 Å². The Morgan fingerprint density at radius 2 is 1.88 bits per heavy atom. The quantitative estimate of drug-likeness (QED) is 0.688. The van der Waals surface area contributed by atoms with E-state index in [1.54, 1.807) is 7.11 Å². The van der Waals surface area contributed by atoms with E-state index >= 15 is 0 Å². The molecule has 1 aliphatic rings. The van der Waals surface area contributed by atoms with Gasteiger partial charge in [-0.2, -0.15) is 5.26 Å². The van der Waals surface area contributed by atoms with Crippen LogP contribution in [0.25, 0.3) is 0 Å². The van der Waals surface area contributed by atoms with Crippen LogP contribution in [-0.2, 0) is 6.54 Å². The van der Waals surface area contributed by atoms with E-state index < -0.39 is 0 Å². The Hall–Kier alpha value is -1.77. The highest BCUT2D eigenvalue weighted by molar-refractivity contribution is 5.46. The molecule has 0 aromatic heterocycles. The van der Waals surface area contributed by atoms with Crippen molar-refractivity contribution in [2.24, 2.45) is 5.92 Å². The number of rotatable bonds is 9. The van der Waals surface area contributed by atoms with Crippen molar-refractivity contribution in [3.05, 3.63) is 23.8 Å². The summed E-state index contributed by atoms with van der Waals surface area (Å²) in [5.41, 5.74) is 1.19. The van der Waals surface area contributed by atoms with Crippen LogP contribution in [0.15, 0.2) is 18.2 Å². The molecule has 0 bridgehead atoms. The Morgan fingerprint density at radius 3 is 2.52 bits per heavy atom. The molecule has 1 saturated heterocycles. The number of hydrogen-bond acceptors (Lipinski definition) is 5. The maximum atomic E-state index is 8.72. The van der Waals surface area contributed by atoms with Crippen molar-refractivity contribution in [3.8, 4) is 17.6 Å². The summed E-state index contributed by atoms with van der Waals surface area (Å²) in [6.45, 7) is 11.0. The molecule has 1 aromatic rings. The summed E-state index contributed by atoms with van der Waals surface area (Å²) < 4.78 is 11.6. The average Bonchev–Trinajstić information content (AvgIpc) is 2.62. The predicted molar refractivity (Wildman–Crippen MR) is 99.9 cm³/mol. The summed E-state index contributed by atoms with van der Waals surface area (Å²) in [4.78, 5) is 4.82. The summed E-state index contributed by atoms with van der Waals surface area (Å²) in [6.07, 6.45) is 1.65. The van der Waals surface area contributed by atoms with Crippen LogP contribution in [0.2, 0.25) is 0 Å². The molecular weight excluding hydrogens is 314 g/mol. The van der Waals surface area contributed by atoms with Crippen molar-refractivity contribution in [3.63, 3.8) is 0 Å². The van der Waals surface area contributed by atoms with E-state index in [9.17, 15) is 0 Å². The van der Waals surface area contributed by atoms with Crippen molar-refractivity contribution < 1.29 is 9.47 Å². The maximum Gasteiger partial charge on any atom is 0.165 e. The van der Waals surface area contributed by atoms with Gasteiger partial charge in [-0.15, -0.1) is 0 Å². The van der Waals surface area contributed by atoms with Crippen LogP contribution in [-0.4, -0.2) is 56.2 Å². The fourth-order valence-electron chi connectivity index (χ4n) is 3.03. The Balaban J connectivity index is 1.96. The van der Waals surface area contributed by atoms with Gasteiger partial charge in [0.25, 0.3) is 0 Å². The molecular formula is C20H31N3O2. The minimum atomic E-state index is 0.615. The van der Waals surface area contributed by atoms with Gasteiger partial charge in [-0.05, 0) is 18.4 Å². The van der Waals surface area contributed by atoms with Crippen molar-refractivity contribution in [1.82, 2.24) is 9.80 Å². The van der Waals surface area contributed by atoms with Crippen LogP contribution in [0, 0.1) is 17.2 Å². The highest BCUT2D eigenvalue weighted by atomic mass is 16.5. The molecule has 0 atom stereocenters. The third-order valence-electron chi connectivity index (χ3n) is 4.62. The molecule has 0 radical (unpaired) electrons. The lowest BCUT2D eigenvalue weighted by atomic mass is 10.1. The molecule has 5 nitrogen and oxygen atoms in total. The first-order valence-electron chi connectivity index (χ1n) is 9.24. The van der Waals surface area contributed by atoms with Gasteiger partial charge >= 0.3 is 0 Å². The Morgan fingerprint density at radius 1 is 1.16 bits per heavy atom. The van der Waals surface area contributed by atoms with Crippen LogP contribution >= 0.6 is 0 Å². The summed E-state index contributed by atoms with van der Waals surface area (Å²) in [6, 6.07) is 8.36. The zero-order valence-corrected chi connectivity index (χ0v) is 15.8. The highest BCUT2D eigenvalue weighted by Gasteiger charge is 2.19. The number of para-hydroxylation sites is 1. The first kappa shape index (κ1) is 19.6. The van der Waals surface area contributed by atoms with E-state index in [0.717, 1.165) is 57.2 Å². The first-order chi connectivity index (χ1) is 12.1. The van der Waals surface area contributed by atoms with Gasteiger partial charge < -0.3 is 9.47 Å². The molecule has 138 valence electrons. The lowest BCUT2D eigenvalue weighted by Crippen LogP contribution is -2.46. The lowest BCUT2D eigenvalue weighted by molar-refractivity contribution is 0.127. The fourth-order valence-corrected chi connectivity index (χ4v) is 3.03. The summed E-state index contributed by atoms with van der Waals surface area (Å²) in [5, 5.41) is 8.72. The number of hydrogen-bond donors (Lipinski definition) is 0. The Kier molecular flexibility index (Phi) is 8.03. The number of piperazine rings is 1. The topological polar surface area (TPSA) is 48.7 Å². The van der Waals surface area contributed by atoms with E-state index in [1.807, 2.05) is 12.1 Å². The van der Waals surface area contributed by atoms with Gasteiger partial charge in [0.1, 0.15) is 0 Å².